The van der Waals surface area contributed by atoms with Crippen molar-refractivity contribution in [1.82, 2.24) is 5.32 Å². The van der Waals surface area contributed by atoms with Crippen molar-refractivity contribution >= 4 is 19.7 Å². The molecule has 0 aromatic rings. The van der Waals surface area contributed by atoms with Gasteiger partial charge >= 0.3 is 5.97 Å². The largest absolute Gasteiger partial charge is 0.756 e. The minimum atomic E-state index is -4.70. The smallest absolute Gasteiger partial charge is 0.306 e. The molecule has 0 heterocycles. The van der Waals surface area contributed by atoms with E-state index in [1.807, 2.05) is 33.3 Å². The van der Waals surface area contributed by atoms with E-state index in [0.717, 1.165) is 57.8 Å². The van der Waals surface area contributed by atoms with Gasteiger partial charge in [-0.15, -0.1) is 0 Å². The maximum atomic E-state index is 13.6. The van der Waals surface area contributed by atoms with E-state index in [4.69, 9.17) is 13.8 Å². The normalized spacial score (nSPS) is 13.5. The summed E-state index contributed by atoms with van der Waals surface area (Å²) in [5.74, 6) is -0.512. The Morgan fingerprint density at radius 1 is 0.410 bits per heavy atom. The van der Waals surface area contributed by atoms with Crippen molar-refractivity contribution in [2.24, 2.45) is 0 Å². The Hall–Kier alpha value is -1.25. The van der Waals surface area contributed by atoms with Crippen molar-refractivity contribution in [2.45, 2.75) is 405 Å². The van der Waals surface area contributed by atoms with E-state index in [1.165, 1.54) is 302 Å². The van der Waals surface area contributed by atoms with Gasteiger partial charge in [0.25, 0.3) is 7.82 Å². The van der Waals surface area contributed by atoms with Crippen molar-refractivity contribution in [3.63, 3.8) is 0 Å². The summed E-state index contributed by atoms with van der Waals surface area (Å²) in [6, 6.07) is -0.881. The van der Waals surface area contributed by atoms with E-state index >= 15 is 0 Å². The third-order valence-electron chi connectivity index (χ3n) is 17.2. The van der Waals surface area contributed by atoms with Gasteiger partial charge in [0.05, 0.1) is 33.8 Å². The number of quaternary nitrogens is 1. The Morgan fingerprint density at radius 2 is 0.687 bits per heavy atom. The van der Waals surface area contributed by atoms with Gasteiger partial charge in [0.2, 0.25) is 5.91 Å². The number of carbonyl (C=O) groups is 2. The molecule has 0 aliphatic heterocycles. The van der Waals surface area contributed by atoms with Gasteiger partial charge in [-0.2, -0.15) is 0 Å². The molecule has 0 saturated carbocycles. The lowest BCUT2D eigenvalue weighted by atomic mass is 10.0. The highest BCUT2D eigenvalue weighted by atomic mass is 31.2. The Morgan fingerprint density at radius 3 is 0.988 bits per heavy atom. The number of nitrogens with one attached hydrogen (secondary N) is 1. The number of amides is 1. The van der Waals surface area contributed by atoms with Crippen LogP contribution in [0.1, 0.15) is 393 Å². The number of phosphoric acid groups is 1. The average Bonchev–Trinajstić information content (AvgIpc) is 3.47. The minimum Gasteiger partial charge on any atom is -0.756 e. The van der Waals surface area contributed by atoms with Crippen molar-refractivity contribution in [1.29, 1.82) is 0 Å². The summed E-state index contributed by atoms with van der Waals surface area (Å²) in [7, 11) is 1.21. The van der Waals surface area contributed by atoms with Gasteiger partial charge < -0.3 is 28.5 Å². The molecule has 0 fully saturated rings. The molecular formula is C73H145N2O7P. The van der Waals surface area contributed by atoms with E-state index in [9.17, 15) is 19.0 Å². The number of carbonyl (C=O) groups excluding carboxylic acids is 2. The SMILES string of the molecule is CCCCCCCCCCCCC/C=C\C(OC(=O)CCCCCCCCCCCCCCCCCCC)C(COP(=O)([O-])OCC[N+](C)(C)C)NC(=O)CCCCCCCCCCCCCCCCCCCCCCCCCCCCC. The molecule has 83 heavy (non-hydrogen) atoms. The molecule has 0 radical (unpaired) electrons. The van der Waals surface area contributed by atoms with E-state index in [1.54, 1.807) is 0 Å². The third kappa shape index (κ3) is 65.0. The summed E-state index contributed by atoms with van der Waals surface area (Å²) in [4.78, 5) is 40.2. The van der Waals surface area contributed by atoms with Crippen LogP contribution in [-0.4, -0.2) is 69.4 Å². The zero-order chi connectivity index (χ0) is 60.7. The van der Waals surface area contributed by atoms with Crippen molar-refractivity contribution in [3.8, 4) is 0 Å². The van der Waals surface area contributed by atoms with Crippen LogP contribution in [0.4, 0.5) is 0 Å². The van der Waals surface area contributed by atoms with Crippen LogP contribution in [0.5, 0.6) is 0 Å². The fourth-order valence-electron chi connectivity index (χ4n) is 11.5. The Bertz CT molecular complexity index is 1420. The molecule has 0 aromatic heterocycles. The van der Waals surface area contributed by atoms with Gasteiger partial charge in [0, 0.05) is 12.8 Å². The lowest BCUT2D eigenvalue weighted by molar-refractivity contribution is -0.870. The molecule has 0 saturated heterocycles. The summed E-state index contributed by atoms with van der Waals surface area (Å²) in [6.07, 6.45) is 76.3. The van der Waals surface area contributed by atoms with Crippen LogP contribution in [0.25, 0.3) is 0 Å². The van der Waals surface area contributed by atoms with E-state index in [-0.39, 0.29) is 31.5 Å². The first-order valence-corrected chi connectivity index (χ1v) is 38.5. The molecule has 10 heteroatoms. The van der Waals surface area contributed by atoms with Gasteiger partial charge in [0.15, 0.2) is 0 Å². The Kier molecular flexibility index (Phi) is 62.8. The predicted octanol–water partition coefficient (Wildman–Crippen LogP) is 22.8. The molecule has 9 nitrogen and oxygen atoms in total. The number of hydrogen-bond donors (Lipinski definition) is 1. The Balaban J connectivity index is 4.96. The van der Waals surface area contributed by atoms with Crippen LogP contribution in [0, 0.1) is 0 Å². The summed E-state index contributed by atoms with van der Waals surface area (Å²) >= 11 is 0. The standard InChI is InChI=1S/C73H145N2O7P/c1-7-10-13-16-19-22-25-28-30-32-33-34-35-36-37-38-39-40-41-43-44-47-50-53-56-59-62-65-72(76)74-70(69-81-83(78,79)80-68-67-75(4,5)6)71(64-61-58-55-52-49-46-27-24-21-18-15-12-9-3)82-73(77)66-63-60-57-54-51-48-45-42-31-29-26-23-20-17-14-11-8-2/h61,64,70-71H,7-60,62-63,65-69H2,1-6H3,(H-,74,76,78,79)/b64-61-. The number of unbranched alkanes of at least 4 members (excludes halogenated alkanes) is 53. The lowest BCUT2D eigenvalue weighted by Crippen LogP contribution is -2.47. The van der Waals surface area contributed by atoms with Crippen LogP contribution in [0.2, 0.25) is 0 Å². The van der Waals surface area contributed by atoms with Crippen molar-refractivity contribution in [2.75, 3.05) is 40.9 Å². The van der Waals surface area contributed by atoms with Crippen LogP contribution < -0.4 is 10.2 Å². The van der Waals surface area contributed by atoms with Gasteiger partial charge in [-0.1, -0.05) is 361 Å². The highest BCUT2D eigenvalue weighted by Gasteiger charge is 2.27. The van der Waals surface area contributed by atoms with E-state index < -0.39 is 20.0 Å². The molecule has 1 N–H and O–H groups in total. The first kappa shape index (κ1) is 81.8. The van der Waals surface area contributed by atoms with Crippen LogP contribution >= 0.6 is 7.82 Å². The second kappa shape index (κ2) is 63.8. The number of rotatable bonds is 69. The number of hydrogen-bond acceptors (Lipinski definition) is 7. The first-order valence-electron chi connectivity index (χ1n) is 37.0. The summed E-state index contributed by atoms with van der Waals surface area (Å²) in [5, 5.41) is 3.06. The van der Waals surface area contributed by atoms with Crippen molar-refractivity contribution < 1.29 is 37.3 Å². The quantitative estimate of drug-likeness (QED) is 0.0212. The molecule has 3 unspecified atom stereocenters. The zero-order valence-corrected chi connectivity index (χ0v) is 57.6. The molecule has 0 bridgehead atoms. The Labute approximate surface area is 518 Å². The van der Waals surface area contributed by atoms with Gasteiger partial charge in [0.1, 0.15) is 19.3 Å². The maximum Gasteiger partial charge on any atom is 0.306 e. The molecule has 0 aromatic carbocycles. The molecule has 3 atom stereocenters. The summed E-state index contributed by atoms with van der Waals surface area (Å²) in [6.45, 7) is 6.93. The number of esters is 1. The molecule has 494 valence electrons. The molecule has 1 amide bonds. The van der Waals surface area contributed by atoms with Gasteiger partial charge in [-0.25, -0.2) is 0 Å². The van der Waals surface area contributed by atoms with Crippen LogP contribution in [-0.2, 0) is 27.9 Å². The van der Waals surface area contributed by atoms with Gasteiger partial charge in [-0.3, -0.25) is 14.2 Å². The molecule has 0 aliphatic carbocycles. The number of phosphoric ester groups is 1. The van der Waals surface area contributed by atoms with E-state index in [2.05, 4.69) is 26.1 Å². The molecule has 0 spiro atoms. The topological polar surface area (TPSA) is 114 Å². The van der Waals surface area contributed by atoms with Gasteiger partial charge in [-0.05, 0) is 31.8 Å². The number of ether oxygens (including phenoxy) is 1. The number of nitrogens with zero attached hydrogens (tertiary/aromatic N) is 1. The highest BCUT2D eigenvalue weighted by molar-refractivity contribution is 7.45. The predicted molar refractivity (Wildman–Crippen MR) is 358 cm³/mol. The number of likely N-dealkylation sites (N-methyl/N-ethyl adjacent to an activating group) is 1. The fourth-order valence-corrected chi connectivity index (χ4v) is 12.3. The summed E-state index contributed by atoms with van der Waals surface area (Å²) in [5.41, 5.74) is 0. The van der Waals surface area contributed by atoms with Crippen molar-refractivity contribution in [3.05, 3.63) is 12.2 Å². The second-order valence-electron chi connectivity index (χ2n) is 26.8. The summed E-state index contributed by atoms with van der Waals surface area (Å²) < 4.78 is 30.5. The third-order valence-corrected chi connectivity index (χ3v) is 18.2. The molecule has 0 aliphatic rings. The second-order valence-corrected chi connectivity index (χ2v) is 28.2. The minimum absolute atomic E-state index is 0.0163. The highest BCUT2D eigenvalue weighted by Crippen LogP contribution is 2.38. The lowest BCUT2D eigenvalue weighted by Gasteiger charge is -2.30. The van der Waals surface area contributed by atoms with E-state index in [0.29, 0.717) is 17.4 Å². The average molecular weight is 1190 g/mol. The van der Waals surface area contributed by atoms with Crippen LogP contribution in [0.15, 0.2) is 12.2 Å². The number of allylic oxidation sites excluding steroid dienone is 1. The monoisotopic (exact) mass is 1190 g/mol. The molecule has 0 rings (SSSR count). The van der Waals surface area contributed by atoms with Crippen LogP contribution in [0.3, 0.4) is 0 Å². The molecular weight excluding hydrogens is 1050 g/mol. The zero-order valence-electron chi connectivity index (χ0n) is 56.7. The first-order chi connectivity index (χ1) is 40.4. The maximum absolute atomic E-state index is 13.6. The fraction of sp³-hybridized carbons (Fsp3) is 0.945.